The van der Waals surface area contributed by atoms with Crippen LogP contribution in [0.1, 0.15) is 103 Å². The number of nitrogens with one attached hydrogen (secondary N) is 1. The standard InChI is InChI=1S/C41H52N6O3S/c1-9-35-39-46-45-29(5)47(39)40-37(26(2)27(3)51-40)38(44-35)33-15-12-30(13-16-33)11-10-19-49-21-22-50-20-18-32-23-31(24-34(42)25-32)14-17-36(48)43-28(4)41(6,7)8/h12-13,15-16,23-25,28,35H,9,14,17-22,42H2,1-8H3,(H,43,48)/t28-,35+/m1/s1. The number of hydrogen-bond acceptors (Lipinski definition) is 8. The Morgan fingerprint density at radius 1 is 1.02 bits per heavy atom. The van der Waals surface area contributed by atoms with Gasteiger partial charge < -0.3 is 20.5 Å². The topological polar surface area (TPSA) is 117 Å². The Morgan fingerprint density at radius 3 is 2.43 bits per heavy atom. The number of carbonyl (C=O) groups is 1. The third kappa shape index (κ3) is 9.53. The van der Waals surface area contributed by atoms with E-state index >= 15 is 0 Å². The van der Waals surface area contributed by atoms with Crippen LogP contribution >= 0.6 is 11.3 Å². The van der Waals surface area contributed by atoms with Crippen molar-refractivity contribution in [3.8, 4) is 16.8 Å². The smallest absolute Gasteiger partial charge is 0.220 e. The van der Waals surface area contributed by atoms with Crippen molar-refractivity contribution < 1.29 is 14.3 Å². The van der Waals surface area contributed by atoms with Gasteiger partial charge in [-0.2, -0.15) is 0 Å². The second-order valence-corrected chi connectivity index (χ2v) is 15.5. The first-order chi connectivity index (χ1) is 24.3. The highest BCUT2D eigenvalue weighted by Gasteiger charge is 2.30. The van der Waals surface area contributed by atoms with Crippen molar-refractivity contribution in [2.24, 2.45) is 10.4 Å². The Bertz CT molecular complexity index is 1920. The number of nitrogens with zero attached hydrogens (tertiary/aromatic N) is 4. The van der Waals surface area contributed by atoms with Crippen LogP contribution in [-0.4, -0.2) is 58.9 Å². The van der Waals surface area contributed by atoms with Crippen molar-refractivity contribution >= 4 is 28.6 Å². The molecule has 4 aromatic rings. The molecule has 2 aromatic carbocycles. The monoisotopic (exact) mass is 708 g/mol. The molecule has 0 saturated carbocycles. The summed E-state index contributed by atoms with van der Waals surface area (Å²) in [5, 5.41) is 13.1. The molecule has 0 unspecified atom stereocenters. The molecule has 5 rings (SSSR count). The molecule has 10 heteroatoms. The number of carbonyl (C=O) groups excluding carboxylic acids is 1. The maximum Gasteiger partial charge on any atom is 0.220 e. The van der Waals surface area contributed by atoms with Crippen LogP contribution in [0.25, 0.3) is 5.00 Å². The third-order valence-corrected chi connectivity index (χ3v) is 10.7. The van der Waals surface area contributed by atoms with E-state index in [4.69, 9.17) is 20.2 Å². The van der Waals surface area contributed by atoms with Gasteiger partial charge in [-0.25, -0.2) is 0 Å². The summed E-state index contributed by atoms with van der Waals surface area (Å²) in [5.41, 5.74) is 14.4. The highest BCUT2D eigenvalue weighted by molar-refractivity contribution is 7.15. The molecule has 0 bridgehead atoms. The van der Waals surface area contributed by atoms with Gasteiger partial charge in [0, 0.05) is 39.7 Å². The Labute approximate surface area is 307 Å². The summed E-state index contributed by atoms with van der Waals surface area (Å²) >= 11 is 1.77. The number of ether oxygens (including phenoxy) is 2. The fourth-order valence-corrected chi connectivity index (χ4v) is 7.13. The second kappa shape index (κ2) is 16.8. The van der Waals surface area contributed by atoms with Crippen molar-refractivity contribution in [1.29, 1.82) is 0 Å². The Balaban J connectivity index is 1.07. The fraction of sp³-hybridized carbons (Fsp3) is 0.463. The molecule has 51 heavy (non-hydrogen) atoms. The van der Waals surface area contributed by atoms with Crippen LogP contribution in [0.5, 0.6) is 0 Å². The van der Waals surface area contributed by atoms with Gasteiger partial charge in [0.05, 0.1) is 25.5 Å². The number of thiophene rings is 1. The van der Waals surface area contributed by atoms with Crippen molar-refractivity contribution in [2.75, 3.05) is 32.2 Å². The lowest BCUT2D eigenvalue weighted by molar-refractivity contribution is -0.122. The molecule has 0 aliphatic carbocycles. The molecule has 3 N–H and O–H groups in total. The summed E-state index contributed by atoms with van der Waals surface area (Å²) in [6.07, 6.45) is 2.66. The van der Waals surface area contributed by atoms with Gasteiger partial charge in [0.15, 0.2) is 5.82 Å². The number of aromatic nitrogens is 3. The first kappa shape index (κ1) is 37.9. The van der Waals surface area contributed by atoms with Gasteiger partial charge in [-0.3, -0.25) is 14.4 Å². The van der Waals surface area contributed by atoms with Crippen molar-refractivity contribution in [2.45, 2.75) is 93.2 Å². The zero-order chi connectivity index (χ0) is 36.7. The van der Waals surface area contributed by atoms with E-state index in [1.165, 1.54) is 10.4 Å². The minimum Gasteiger partial charge on any atom is -0.399 e. The number of aliphatic imine (C=N–C) groups is 1. The normalized spacial score (nSPS) is 14.5. The predicted molar refractivity (Wildman–Crippen MR) is 207 cm³/mol. The minimum absolute atomic E-state index is 0.0240. The van der Waals surface area contributed by atoms with Crippen molar-refractivity contribution in [1.82, 2.24) is 20.1 Å². The Kier molecular flexibility index (Phi) is 12.5. The van der Waals surface area contributed by atoms with Crippen LogP contribution in [0.15, 0.2) is 47.5 Å². The van der Waals surface area contributed by atoms with Gasteiger partial charge in [0.2, 0.25) is 5.91 Å². The van der Waals surface area contributed by atoms with E-state index in [2.05, 4.69) is 91.7 Å². The average molecular weight is 709 g/mol. The number of hydrogen-bond donors (Lipinski definition) is 2. The van der Waals surface area contributed by atoms with E-state index in [9.17, 15) is 4.79 Å². The fourth-order valence-electron chi connectivity index (χ4n) is 5.91. The molecule has 9 nitrogen and oxygen atoms in total. The number of nitrogen functional groups attached to an aromatic ring is 1. The van der Waals surface area contributed by atoms with Crippen molar-refractivity contribution in [3.05, 3.63) is 92.4 Å². The molecule has 1 aliphatic heterocycles. The first-order valence-electron chi connectivity index (χ1n) is 17.9. The predicted octanol–water partition coefficient (Wildman–Crippen LogP) is 7.25. The molecule has 0 saturated heterocycles. The van der Waals surface area contributed by atoms with Gasteiger partial charge in [-0.15, -0.1) is 21.5 Å². The number of rotatable bonds is 13. The van der Waals surface area contributed by atoms with Crippen molar-refractivity contribution in [3.63, 3.8) is 0 Å². The van der Waals surface area contributed by atoms with E-state index in [0.29, 0.717) is 45.0 Å². The quantitative estimate of drug-likeness (QED) is 0.0859. The number of amides is 1. The molecule has 270 valence electrons. The van der Waals surface area contributed by atoms with E-state index in [-0.39, 0.29) is 23.4 Å². The molecular formula is C41H52N6O3S. The molecule has 0 spiro atoms. The number of benzene rings is 2. The van der Waals surface area contributed by atoms with Crippen LogP contribution in [0.2, 0.25) is 0 Å². The van der Waals surface area contributed by atoms with Crippen LogP contribution in [0, 0.1) is 38.0 Å². The largest absolute Gasteiger partial charge is 0.399 e. The van der Waals surface area contributed by atoms with E-state index in [0.717, 1.165) is 63.0 Å². The van der Waals surface area contributed by atoms with Crippen LogP contribution < -0.4 is 11.1 Å². The minimum atomic E-state index is -0.0653. The number of anilines is 1. The maximum absolute atomic E-state index is 12.4. The summed E-state index contributed by atoms with van der Waals surface area (Å²) in [6, 6.07) is 14.4. The lowest BCUT2D eigenvalue weighted by Crippen LogP contribution is -2.41. The number of nitrogens with two attached hydrogens (primary N) is 1. The lowest BCUT2D eigenvalue weighted by Gasteiger charge is -2.28. The van der Waals surface area contributed by atoms with Gasteiger partial charge in [-0.05, 0) is 93.3 Å². The highest BCUT2D eigenvalue weighted by atomic mass is 32.1. The van der Waals surface area contributed by atoms with Crippen LogP contribution in [0.4, 0.5) is 5.69 Å². The van der Waals surface area contributed by atoms with Gasteiger partial charge >= 0.3 is 0 Å². The summed E-state index contributed by atoms with van der Waals surface area (Å²) < 4.78 is 13.7. The molecule has 2 atom stereocenters. The molecule has 1 aliphatic rings. The molecule has 3 heterocycles. The van der Waals surface area contributed by atoms with E-state index < -0.39 is 0 Å². The third-order valence-electron chi connectivity index (χ3n) is 9.49. The Morgan fingerprint density at radius 2 is 1.73 bits per heavy atom. The number of aryl methyl sites for hydroxylation is 3. The molecule has 1 amide bonds. The first-order valence-corrected chi connectivity index (χ1v) is 18.7. The SMILES string of the molecule is CC[C@@H]1N=C(c2ccc(C#CCOCCOCCc3cc(N)cc(CCC(=O)N[C@H](C)C(C)(C)C)c3)cc2)c2c(sc(C)c2C)-n2c(C)nnc21. The van der Waals surface area contributed by atoms with Crippen LogP contribution in [-0.2, 0) is 27.1 Å². The lowest BCUT2D eigenvalue weighted by atomic mass is 9.88. The Hall–Kier alpha value is -4.30. The number of fused-ring (bicyclic) bond motifs is 3. The maximum atomic E-state index is 12.4. The zero-order valence-corrected chi connectivity index (χ0v) is 32.2. The van der Waals surface area contributed by atoms with E-state index in [1.54, 1.807) is 11.3 Å². The summed E-state index contributed by atoms with van der Waals surface area (Å²) in [5.74, 6) is 8.17. The van der Waals surface area contributed by atoms with Gasteiger partial charge in [-0.1, -0.05) is 57.7 Å². The van der Waals surface area contributed by atoms with E-state index in [1.807, 2.05) is 38.1 Å². The molecule has 0 fully saturated rings. The van der Waals surface area contributed by atoms with Crippen LogP contribution in [0.3, 0.4) is 0 Å². The summed E-state index contributed by atoms with van der Waals surface area (Å²) in [7, 11) is 0. The van der Waals surface area contributed by atoms with Gasteiger partial charge in [0.25, 0.3) is 0 Å². The summed E-state index contributed by atoms with van der Waals surface area (Å²) in [6.45, 7) is 18.7. The zero-order valence-electron chi connectivity index (χ0n) is 31.4. The molecule has 0 radical (unpaired) electrons. The highest BCUT2D eigenvalue weighted by Crippen LogP contribution is 2.39. The summed E-state index contributed by atoms with van der Waals surface area (Å²) in [4.78, 5) is 18.9. The average Bonchev–Trinajstić information content (AvgIpc) is 3.56. The molecular weight excluding hydrogens is 657 g/mol. The van der Waals surface area contributed by atoms with Gasteiger partial charge in [0.1, 0.15) is 23.5 Å². The molecule has 2 aromatic heterocycles. The second-order valence-electron chi connectivity index (χ2n) is 14.3.